The van der Waals surface area contributed by atoms with Crippen LogP contribution in [0.2, 0.25) is 5.15 Å². The molecule has 2 rings (SSSR count). The predicted molar refractivity (Wildman–Crippen MR) is 54.7 cm³/mol. The average Bonchev–Trinajstić information content (AvgIpc) is 2.19. The van der Waals surface area contributed by atoms with Gasteiger partial charge < -0.3 is 9.64 Å². The smallest absolute Gasteiger partial charge is 0.151 e. The molecule has 0 saturated carbocycles. The normalized spacial score (nSPS) is 22.4. The van der Waals surface area contributed by atoms with Crippen molar-refractivity contribution >= 4 is 17.4 Å². The summed E-state index contributed by atoms with van der Waals surface area (Å²) < 4.78 is 5.44. The van der Waals surface area contributed by atoms with Crippen LogP contribution >= 0.6 is 11.6 Å². The topological polar surface area (TPSA) is 38.2 Å². The molecule has 5 heteroatoms. The average molecular weight is 214 g/mol. The van der Waals surface area contributed by atoms with Crippen LogP contribution in [0.3, 0.4) is 0 Å². The third-order valence-corrected chi connectivity index (χ3v) is 2.38. The molecule has 1 atom stereocenters. The molecule has 0 aromatic carbocycles. The first-order valence-electron chi connectivity index (χ1n) is 4.61. The molecule has 0 aliphatic carbocycles. The van der Waals surface area contributed by atoms with Gasteiger partial charge in [-0.25, -0.2) is 0 Å². The van der Waals surface area contributed by atoms with E-state index in [4.69, 9.17) is 16.3 Å². The second kappa shape index (κ2) is 4.11. The van der Waals surface area contributed by atoms with Gasteiger partial charge in [0.2, 0.25) is 0 Å². The summed E-state index contributed by atoms with van der Waals surface area (Å²) in [5, 5.41) is 8.26. The Morgan fingerprint density at radius 1 is 1.50 bits per heavy atom. The molecule has 0 N–H and O–H groups in total. The number of anilines is 1. The van der Waals surface area contributed by atoms with Gasteiger partial charge in [0.1, 0.15) is 0 Å². The minimum atomic E-state index is 0.251. The molecule has 4 nitrogen and oxygen atoms in total. The number of halogens is 1. The van der Waals surface area contributed by atoms with Crippen LogP contribution in [0.25, 0.3) is 0 Å². The summed E-state index contributed by atoms with van der Waals surface area (Å²) >= 11 is 5.66. The van der Waals surface area contributed by atoms with Crippen LogP contribution in [0.1, 0.15) is 6.92 Å². The molecular formula is C9H12ClN3O. The van der Waals surface area contributed by atoms with E-state index in [-0.39, 0.29) is 6.10 Å². The van der Waals surface area contributed by atoms with Crippen molar-refractivity contribution in [2.24, 2.45) is 0 Å². The van der Waals surface area contributed by atoms with Crippen LogP contribution in [0.15, 0.2) is 12.1 Å². The monoisotopic (exact) mass is 213 g/mol. The number of ether oxygens (including phenoxy) is 1. The molecule has 0 radical (unpaired) electrons. The molecule has 1 aliphatic heterocycles. The highest BCUT2D eigenvalue weighted by atomic mass is 35.5. The van der Waals surface area contributed by atoms with E-state index in [1.54, 1.807) is 6.07 Å². The van der Waals surface area contributed by atoms with Crippen molar-refractivity contribution in [1.82, 2.24) is 10.2 Å². The van der Waals surface area contributed by atoms with Gasteiger partial charge in [0.15, 0.2) is 11.0 Å². The van der Waals surface area contributed by atoms with E-state index in [0.29, 0.717) is 5.15 Å². The van der Waals surface area contributed by atoms with E-state index < -0.39 is 0 Å². The summed E-state index contributed by atoms with van der Waals surface area (Å²) in [6.07, 6.45) is 0.251. The van der Waals surface area contributed by atoms with Crippen LogP contribution in [0.4, 0.5) is 5.82 Å². The summed E-state index contributed by atoms with van der Waals surface area (Å²) in [5.41, 5.74) is 0. The fourth-order valence-electron chi connectivity index (χ4n) is 1.50. The van der Waals surface area contributed by atoms with Crippen molar-refractivity contribution in [3.05, 3.63) is 17.3 Å². The largest absolute Gasteiger partial charge is 0.375 e. The molecule has 0 spiro atoms. The Labute approximate surface area is 87.8 Å². The zero-order valence-electron chi connectivity index (χ0n) is 7.98. The molecule has 14 heavy (non-hydrogen) atoms. The molecule has 1 aromatic heterocycles. The summed E-state index contributed by atoms with van der Waals surface area (Å²) in [6, 6.07) is 3.64. The summed E-state index contributed by atoms with van der Waals surface area (Å²) in [4.78, 5) is 2.15. The highest BCUT2D eigenvalue weighted by Gasteiger charge is 2.17. The Morgan fingerprint density at radius 3 is 3.00 bits per heavy atom. The Bertz CT molecular complexity index is 303. The van der Waals surface area contributed by atoms with Gasteiger partial charge in [-0.2, -0.15) is 0 Å². The summed E-state index contributed by atoms with van der Waals surface area (Å²) in [5.74, 6) is 0.865. The van der Waals surface area contributed by atoms with E-state index in [9.17, 15) is 0 Å². The molecule has 76 valence electrons. The van der Waals surface area contributed by atoms with Crippen LogP contribution in [-0.2, 0) is 4.74 Å². The number of morpholine rings is 1. The van der Waals surface area contributed by atoms with Crippen molar-refractivity contribution in [3.63, 3.8) is 0 Å². The van der Waals surface area contributed by atoms with Crippen molar-refractivity contribution in [3.8, 4) is 0 Å². The van der Waals surface area contributed by atoms with E-state index in [1.165, 1.54) is 0 Å². The van der Waals surface area contributed by atoms with Gasteiger partial charge in [-0.05, 0) is 19.1 Å². The minimum absolute atomic E-state index is 0.251. The molecule has 1 aromatic rings. The Hall–Kier alpha value is -0.870. The van der Waals surface area contributed by atoms with Crippen LogP contribution in [-0.4, -0.2) is 36.0 Å². The molecular weight excluding hydrogens is 202 g/mol. The zero-order chi connectivity index (χ0) is 9.97. The Balaban J connectivity index is 2.10. The van der Waals surface area contributed by atoms with Gasteiger partial charge in [0, 0.05) is 13.1 Å². The van der Waals surface area contributed by atoms with Crippen LogP contribution in [0.5, 0.6) is 0 Å². The first-order valence-corrected chi connectivity index (χ1v) is 4.99. The van der Waals surface area contributed by atoms with Gasteiger partial charge in [-0.15, -0.1) is 10.2 Å². The number of hydrogen-bond donors (Lipinski definition) is 0. The van der Waals surface area contributed by atoms with Gasteiger partial charge >= 0.3 is 0 Å². The highest BCUT2D eigenvalue weighted by molar-refractivity contribution is 6.29. The fraction of sp³-hybridized carbons (Fsp3) is 0.556. The lowest BCUT2D eigenvalue weighted by Crippen LogP contribution is -2.41. The first kappa shape index (κ1) is 9.68. The number of hydrogen-bond acceptors (Lipinski definition) is 4. The van der Waals surface area contributed by atoms with Crippen molar-refractivity contribution in [2.75, 3.05) is 24.6 Å². The molecule has 1 fully saturated rings. The van der Waals surface area contributed by atoms with E-state index in [0.717, 1.165) is 25.5 Å². The molecule has 1 aliphatic rings. The lowest BCUT2D eigenvalue weighted by molar-refractivity contribution is 0.0529. The van der Waals surface area contributed by atoms with E-state index in [2.05, 4.69) is 22.0 Å². The number of nitrogens with zero attached hydrogens (tertiary/aromatic N) is 3. The Kier molecular flexibility index (Phi) is 2.84. The quantitative estimate of drug-likeness (QED) is 0.706. The van der Waals surface area contributed by atoms with Crippen molar-refractivity contribution in [2.45, 2.75) is 13.0 Å². The van der Waals surface area contributed by atoms with E-state index in [1.807, 2.05) is 6.07 Å². The Morgan fingerprint density at radius 2 is 2.36 bits per heavy atom. The third kappa shape index (κ3) is 2.13. The molecule has 0 amide bonds. The van der Waals surface area contributed by atoms with Gasteiger partial charge in [0.25, 0.3) is 0 Å². The highest BCUT2D eigenvalue weighted by Crippen LogP contribution is 2.15. The van der Waals surface area contributed by atoms with Gasteiger partial charge in [-0.1, -0.05) is 11.6 Å². The predicted octanol–water partition coefficient (Wildman–Crippen LogP) is 1.36. The van der Waals surface area contributed by atoms with Crippen molar-refractivity contribution < 1.29 is 4.74 Å². The number of rotatable bonds is 1. The third-order valence-electron chi connectivity index (χ3n) is 2.18. The molecule has 0 bridgehead atoms. The second-order valence-electron chi connectivity index (χ2n) is 3.34. The molecule has 1 unspecified atom stereocenters. The maximum atomic E-state index is 5.66. The second-order valence-corrected chi connectivity index (χ2v) is 3.73. The fourth-order valence-corrected chi connectivity index (χ4v) is 1.60. The maximum Gasteiger partial charge on any atom is 0.151 e. The van der Waals surface area contributed by atoms with Crippen molar-refractivity contribution in [1.29, 1.82) is 0 Å². The first-order chi connectivity index (χ1) is 6.75. The van der Waals surface area contributed by atoms with Crippen LogP contribution in [0, 0.1) is 0 Å². The van der Waals surface area contributed by atoms with Crippen LogP contribution < -0.4 is 4.90 Å². The minimum Gasteiger partial charge on any atom is -0.375 e. The zero-order valence-corrected chi connectivity index (χ0v) is 8.74. The molecule has 2 heterocycles. The summed E-state index contributed by atoms with van der Waals surface area (Å²) in [6.45, 7) is 4.51. The number of aromatic nitrogens is 2. The standard InChI is InChI=1S/C9H12ClN3O/c1-7-6-13(4-5-14-7)9-3-2-8(10)11-12-9/h2-3,7H,4-6H2,1H3. The summed E-state index contributed by atoms with van der Waals surface area (Å²) in [7, 11) is 0. The SMILES string of the molecule is CC1CN(c2ccc(Cl)nn2)CCO1. The lowest BCUT2D eigenvalue weighted by Gasteiger charge is -2.31. The molecule has 1 saturated heterocycles. The maximum absolute atomic E-state index is 5.66. The van der Waals surface area contributed by atoms with Gasteiger partial charge in [-0.3, -0.25) is 0 Å². The lowest BCUT2D eigenvalue weighted by atomic mass is 10.3. The van der Waals surface area contributed by atoms with Gasteiger partial charge in [0.05, 0.1) is 12.7 Å². The van der Waals surface area contributed by atoms with E-state index >= 15 is 0 Å².